The summed E-state index contributed by atoms with van der Waals surface area (Å²) >= 11 is 0. The van der Waals surface area contributed by atoms with Gasteiger partial charge in [-0.1, -0.05) is 6.92 Å². The van der Waals surface area contributed by atoms with Gasteiger partial charge in [0.25, 0.3) is 0 Å². The van der Waals surface area contributed by atoms with Crippen molar-refractivity contribution in [1.82, 2.24) is 15.2 Å². The lowest BCUT2D eigenvalue weighted by Crippen LogP contribution is -2.11. The van der Waals surface area contributed by atoms with Gasteiger partial charge in [0.1, 0.15) is 5.82 Å². The van der Waals surface area contributed by atoms with Crippen LogP contribution in [-0.2, 0) is 12.1 Å². The number of rotatable bonds is 2. The lowest BCUT2D eigenvalue weighted by Gasteiger charge is -2.06. The Balaban J connectivity index is 2.89. The zero-order valence-electron chi connectivity index (χ0n) is 6.98. The maximum atomic E-state index is 13.1. The Hall–Kier alpha value is -0.930. The molecular weight excluding hydrogens is 145 g/mol. The van der Waals surface area contributed by atoms with Gasteiger partial charge in [0.15, 0.2) is 11.5 Å². The molecule has 0 fully saturated rings. The zero-order chi connectivity index (χ0) is 8.48. The molecule has 0 atom stereocenters. The highest BCUT2D eigenvalue weighted by molar-refractivity contribution is 4.98. The molecule has 1 aromatic rings. The van der Waals surface area contributed by atoms with Crippen molar-refractivity contribution in [3.05, 3.63) is 11.6 Å². The Labute approximate surface area is 65.0 Å². The topological polar surface area (TPSA) is 41.6 Å². The molecule has 0 aliphatic carbocycles. The Bertz CT molecular complexity index is 236. The van der Waals surface area contributed by atoms with Crippen LogP contribution in [0.3, 0.4) is 0 Å². The number of halogens is 1. The third-order valence-electron chi connectivity index (χ3n) is 1.40. The summed E-state index contributed by atoms with van der Waals surface area (Å²) < 4.78 is 13.1. The van der Waals surface area contributed by atoms with Crippen LogP contribution >= 0.6 is 0 Å². The summed E-state index contributed by atoms with van der Waals surface area (Å²) in [6.07, 6.45) is 0.753. The summed E-state index contributed by atoms with van der Waals surface area (Å²) in [5.41, 5.74) is -1.44. The van der Waals surface area contributed by atoms with Gasteiger partial charge in [-0.15, -0.1) is 0 Å². The highest BCUT2D eigenvalue weighted by Crippen LogP contribution is 2.19. The monoisotopic (exact) mass is 157 g/mol. The number of aryl methyl sites for hydroxylation is 1. The molecule has 0 aromatic carbocycles. The standard InChI is InChI=1S/C7H12FN3/c1-4-5-9-6(11-10-5)7(2,3)8/h4H2,1-3H3,(H,9,10,11). The van der Waals surface area contributed by atoms with Gasteiger partial charge >= 0.3 is 0 Å². The number of nitrogens with one attached hydrogen (secondary N) is 1. The van der Waals surface area contributed by atoms with Gasteiger partial charge in [-0.25, -0.2) is 9.37 Å². The van der Waals surface area contributed by atoms with Crippen molar-refractivity contribution in [1.29, 1.82) is 0 Å². The van der Waals surface area contributed by atoms with E-state index in [4.69, 9.17) is 0 Å². The van der Waals surface area contributed by atoms with E-state index in [1.54, 1.807) is 0 Å². The quantitative estimate of drug-likeness (QED) is 0.708. The zero-order valence-corrected chi connectivity index (χ0v) is 6.98. The normalized spacial score (nSPS) is 12.0. The summed E-state index contributed by atoms with van der Waals surface area (Å²) in [5, 5.41) is 6.41. The van der Waals surface area contributed by atoms with Crippen molar-refractivity contribution in [2.45, 2.75) is 32.9 Å². The van der Waals surface area contributed by atoms with Gasteiger partial charge < -0.3 is 0 Å². The number of hydrogen-bond acceptors (Lipinski definition) is 2. The molecular formula is C7H12FN3. The van der Waals surface area contributed by atoms with Crippen molar-refractivity contribution in [3.63, 3.8) is 0 Å². The Morgan fingerprint density at radius 1 is 1.55 bits per heavy atom. The fourth-order valence-electron chi connectivity index (χ4n) is 0.719. The van der Waals surface area contributed by atoms with Crippen molar-refractivity contribution >= 4 is 0 Å². The summed E-state index contributed by atoms with van der Waals surface area (Å²) in [6.45, 7) is 4.82. The van der Waals surface area contributed by atoms with E-state index in [0.29, 0.717) is 0 Å². The Morgan fingerprint density at radius 3 is 2.45 bits per heavy atom. The second kappa shape index (κ2) is 2.60. The molecule has 0 radical (unpaired) electrons. The minimum atomic E-state index is -1.44. The second-order valence-electron chi connectivity index (χ2n) is 2.93. The smallest absolute Gasteiger partial charge is 0.187 e. The highest BCUT2D eigenvalue weighted by Gasteiger charge is 2.23. The number of aromatic nitrogens is 3. The maximum Gasteiger partial charge on any atom is 0.187 e. The average Bonchev–Trinajstić information content (AvgIpc) is 2.32. The van der Waals surface area contributed by atoms with Crippen molar-refractivity contribution in [3.8, 4) is 0 Å². The molecule has 0 saturated carbocycles. The highest BCUT2D eigenvalue weighted by atomic mass is 19.1. The van der Waals surface area contributed by atoms with E-state index in [-0.39, 0.29) is 5.82 Å². The van der Waals surface area contributed by atoms with Crippen molar-refractivity contribution in [2.24, 2.45) is 0 Å². The maximum absolute atomic E-state index is 13.1. The summed E-state index contributed by atoms with van der Waals surface area (Å²) in [5.74, 6) is 0.958. The molecule has 0 aliphatic rings. The number of nitrogens with zero attached hydrogens (tertiary/aromatic N) is 2. The van der Waals surface area contributed by atoms with Crippen LogP contribution in [0.2, 0.25) is 0 Å². The molecule has 1 aromatic heterocycles. The van der Waals surface area contributed by atoms with Gasteiger partial charge in [-0.05, 0) is 13.8 Å². The average molecular weight is 157 g/mol. The van der Waals surface area contributed by atoms with Crippen LogP contribution in [0.1, 0.15) is 32.4 Å². The first kappa shape index (κ1) is 8.17. The summed E-state index contributed by atoms with van der Waals surface area (Å²) in [6, 6.07) is 0. The van der Waals surface area contributed by atoms with E-state index in [1.165, 1.54) is 13.8 Å². The van der Waals surface area contributed by atoms with Crippen LogP contribution in [0.25, 0.3) is 0 Å². The van der Waals surface area contributed by atoms with Crippen molar-refractivity contribution in [2.75, 3.05) is 0 Å². The van der Waals surface area contributed by atoms with Gasteiger partial charge in [-0.2, -0.15) is 5.10 Å². The molecule has 62 valence electrons. The molecule has 4 heteroatoms. The van der Waals surface area contributed by atoms with Crippen LogP contribution in [0.4, 0.5) is 4.39 Å². The first-order valence-corrected chi connectivity index (χ1v) is 3.64. The third-order valence-corrected chi connectivity index (χ3v) is 1.40. The van der Waals surface area contributed by atoms with E-state index in [2.05, 4.69) is 15.2 Å². The fourth-order valence-corrected chi connectivity index (χ4v) is 0.719. The molecule has 0 spiro atoms. The van der Waals surface area contributed by atoms with E-state index < -0.39 is 5.67 Å². The lowest BCUT2D eigenvalue weighted by molar-refractivity contribution is 0.207. The molecule has 0 saturated heterocycles. The van der Waals surface area contributed by atoms with Gasteiger partial charge in [0.05, 0.1) is 0 Å². The molecule has 11 heavy (non-hydrogen) atoms. The summed E-state index contributed by atoms with van der Waals surface area (Å²) in [7, 11) is 0. The van der Waals surface area contributed by atoms with Crippen LogP contribution < -0.4 is 0 Å². The number of H-pyrrole nitrogens is 1. The third kappa shape index (κ3) is 1.76. The molecule has 0 amide bonds. The Morgan fingerprint density at radius 2 is 2.18 bits per heavy atom. The number of alkyl halides is 1. The molecule has 0 aliphatic heterocycles. The Kier molecular flexibility index (Phi) is 1.93. The van der Waals surface area contributed by atoms with Gasteiger partial charge in [0, 0.05) is 6.42 Å². The fraction of sp³-hybridized carbons (Fsp3) is 0.714. The molecule has 0 bridgehead atoms. The predicted molar refractivity (Wildman–Crippen MR) is 39.9 cm³/mol. The predicted octanol–water partition coefficient (Wildman–Crippen LogP) is 1.57. The minimum absolute atomic E-state index is 0.231. The minimum Gasteiger partial charge on any atom is -0.263 e. The molecule has 1 heterocycles. The van der Waals surface area contributed by atoms with Gasteiger partial charge in [0.2, 0.25) is 0 Å². The van der Waals surface area contributed by atoms with Crippen LogP contribution in [0.15, 0.2) is 0 Å². The first-order chi connectivity index (χ1) is 5.04. The second-order valence-corrected chi connectivity index (χ2v) is 2.93. The molecule has 3 nitrogen and oxygen atoms in total. The molecule has 1 N–H and O–H groups in total. The number of hydrogen-bond donors (Lipinski definition) is 1. The summed E-state index contributed by atoms with van der Waals surface area (Å²) in [4.78, 5) is 3.96. The SMILES string of the molecule is CCc1nc(C(C)(C)F)n[nH]1. The van der Waals surface area contributed by atoms with Crippen molar-refractivity contribution < 1.29 is 4.39 Å². The van der Waals surface area contributed by atoms with E-state index in [0.717, 1.165) is 12.2 Å². The van der Waals surface area contributed by atoms with Gasteiger partial charge in [-0.3, -0.25) is 5.10 Å². The first-order valence-electron chi connectivity index (χ1n) is 3.64. The lowest BCUT2D eigenvalue weighted by atomic mass is 10.2. The van der Waals surface area contributed by atoms with Crippen LogP contribution in [-0.4, -0.2) is 15.2 Å². The van der Waals surface area contributed by atoms with Crippen LogP contribution in [0, 0.1) is 0 Å². The molecule has 1 rings (SSSR count). The van der Waals surface area contributed by atoms with E-state index >= 15 is 0 Å². The number of aromatic amines is 1. The van der Waals surface area contributed by atoms with Crippen LogP contribution in [0.5, 0.6) is 0 Å². The van der Waals surface area contributed by atoms with E-state index in [1.807, 2.05) is 6.92 Å². The largest absolute Gasteiger partial charge is 0.263 e. The van der Waals surface area contributed by atoms with E-state index in [9.17, 15) is 4.39 Å². The molecule has 0 unspecified atom stereocenters.